The molecule has 0 saturated heterocycles. The lowest BCUT2D eigenvalue weighted by Gasteiger charge is -2.49. The first kappa shape index (κ1) is 122. The molecule has 652 valence electrons. The molecule has 0 aromatic heterocycles. The highest BCUT2D eigenvalue weighted by Gasteiger charge is 2.42. The maximum absolute atomic E-state index is 2.38. The van der Waals surface area contributed by atoms with Gasteiger partial charge in [0.1, 0.15) is 0 Å². The van der Waals surface area contributed by atoms with Gasteiger partial charge in [0.2, 0.25) is 0 Å². The van der Waals surface area contributed by atoms with E-state index in [-0.39, 0.29) is 0 Å². The minimum atomic E-state index is 0.375. The maximum Gasteiger partial charge on any atom is -0.0257 e. The fourth-order valence-corrected chi connectivity index (χ4v) is 11.7. The normalized spacial score (nSPS) is 20.9. The van der Waals surface area contributed by atoms with E-state index in [4.69, 9.17) is 0 Å². The van der Waals surface area contributed by atoms with Crippen LogP contribution in [-0.4, -0.2) is 0 Å². The van der Waals surface area contributed by atoms with Gasteiger partial charge in [-0.05, 0) is 165 Å². The number of hydrogen-bond donors (Lipinski definition) is 0. The van der Waals surface area contributed by atoms with E-state index in [1.165, 1.54) is 122 Å². The molecule has 4 saturated carbocycles. The average Bonchev–Trinajstić information content (AvgIpc) is 0.790. The van der Waals surface area contributed by atoms with E-state index >= 15 is 0 Å². The highest BCUT2D eigenvalue weighted by Crippen LogP contribution is 2.51. The third-order valence-electron chi connectivity index (χ3n) is 31.8. The molecule has 4 fully saturated rings. The van der Waals surface area contributed by atoms with Crippen LogP contribution in [0, 0.1) is 158 Å². The SMILES string of the molecule is CC(C(C)(C)C)C(C)(C)C.CC(C)(C)C(C)(C)C.CC(C)(C)C(C)(C)C.CC(C)(C)C(C)(C)C(C)(C)C.CC(C)C(C)(C)C(C)(C)C.CC(C)C(C)(C)C(C)C.CC(C)[C@@H](C)C(C)(C)C.CC1CCC(C)CC1.CC1CCCC[C@H]1C.CC1CCC[C@@H](C)C1.CCC(C)(C)C(C)(C)C.CCC1CCCCC1. The number of rotatable bonds is 6. The van der Waals surface area contributed by atoms with Crippen molar-refractivity contribution < 1.29 is 0 Å². The van der Waals surface area contributed by atoms with E-state index in [0.29, 0.717) is 81.2 Å². The van der Waals surface area contributed by atoms with Gasteiger partial charge in [0, 0.05) is 0 Å². The lowest BCUT2D eigenvalue weighted by atomic mass is 9.56. The molecule has 106 heavy (non-hydrogen) atoms. The van der Waals surface area contributed by atoms with E-state index in [1.54, 1.807) is 0 Å². The summed E-state index contributed by atoms with van der Waals surface area (Å²) in [6.45, 7) is 136. The summed E-state index contributed by atoms with van der Waals surface area (Å²) in [6.07, 6.45) is 27.9. The molecule has 4 aliphatic carbocycles. The minimum absolute atomic E-state index is 0.375. The summed E-state index contributed by atoms with van der Waals surface area (Å²) in [6, 6.07) is 0. The molecular formula is C106H228. The summed E-state index contributed by atoms with van der Waals surface area (Å²) >= 11 is 0. The van der Waals surface area contributed by atoms with Crippen molar-refractivity contribution in [1.82, 2.24) is 0 Å². The highest BCUT2D eigenvalue weighted by molar-refractivity contribution is 4.92. The standard InChI is InChI=1S/C11H24.2C10H22.3C9H20.4C8H16.2C8H18/c1-9(2,3)11(7,8)10(4,5)6;1-8(9(2,3)4)10(5,6)7;1-8(2)10(6,7)9(3,4)5;1-7-9(5,6)8(2,3)4;1-7(2)8(3)9(4,5)6;1-7(2)9(5,6)8(3)4;1-7-3-5-8(2)6-4-7;1-7-4-3-5-8(2)6-7;1-7-5-3-4-6-8(7)2;1-2-8-6-4-3-5-7-8;2*1-7(2,3)8(4,5)6/h1-8H3;2*8H,1-7H3;7H2,1-6H3;2*7-8H,1-6H3;3*7-8H,3-6H2,1-2H3;8H,2-7H2,1H3;2*1-6H3/t;;;;8-;;;2*7-,8?;;;/m....1..11.../s1. The molecule has 0 heterocycles. The molecule has 0 radical (unpaired) electrons. The Labute approximate surface area is 684 Å². The Hall–Kier alpha value is 0. The van der Waals surface area contributed by atoms with Crippen LogP contribution in [0.15, 0.2) is 0 Å². The zero-order chi connectivity index (χ0) is 87.4. The second kappa shape index (κ2) is 51.8. The van der Waals surface area contributed by atoms with Gasteiger partial charge in [0.25, 0.3) is 0 Å². The molecule has 0 amide bonds. The van der Waals surface area contributed by atoms with Gasteiger partial charge in [-0.25, -0.2) is 0 Å². The van der Waals surface area contributed by atoms with Crippen LogP contribution < -0.4 is 0 Å². The van der Waals surface area contributed by atoms with Crippen molar-refractivity contribution in [3.8, 4) is 0 Å². The van der Waals surface area contributed by atoms with Gasteiger partial charge >= 0.3 is 0 Å². The van der Waals surface area contributed by atoms with Gasteiger partial charge < -0.3 is 0 Å². The quantitative estimate of drug-likeness (QED) is 0.249. The Morgan fingerprint density at radius 2 is 0.538 bits per heavy atom. The van der Waals surface area contributed by atoms with Crippen LogP contribution in [0.3, 0.4) is 0 Å². The molecule has 4 rings (SSSR count). The highest BCUT2D eigenvalue weighted by atomic mass is 14.5. The molecule has 0 spiro atoms. The Balaban J connectivity index is -0.000000165. The van der Waals surface area contributed by atoms with E-state index < -0.39 is 0 Å². The molecule has 5 atom stereocenters. The van der Waals surface area contributed by atoms with Crippen LogP contribution in [0.25, 0.3) is 0 Å². The van der Waals surface area contributed by atoms with E-state index in [0.717, 1.165) is 76.9 Å². The van der Waals surface area contributed by atoms with Crippen LogP contribution in [-0.2, 0) is 0 Å². The minimum Gasteiger partial charge on any atom is -0.0651 e. The number of hydrogen-bond acceptors (Lipinski definition) is 0. The summed E-state index contributed by atoms with van der Waals surface area (Å²) in [7, 11) is 0. The summed E-state index contributed by atoms with van der Waals surface area (Å²) in [4.78, 5) is 0. The van der Waals surface area contributed by atoms with E-state index in [1.807, 2.05) is 0 Å². The van der Waals surface area contributed by atoms with Crippen LogP contribution in [0.2, 0.25) is 0 Å². The van der Waals surface area contributed by atoms with Gasteiger partial charge in [-0.15, -0.1) is 0 Å². The second-order valence-electron chi connectivity index (χ2n) is 51.6. The smallest absolute Gasteiger partial charge is 0.0257 e. The first-order valence-corrected chi connectivity index (χ1v) is 46.2. The lowest BCUT2D eigenvalue weighted by molar-refractivity contribution is 0.00575. The Morgan fingerprint density at radius 3 is 0.623 bits per heavy atom. The molecule has 0 aliphatic heterocycles. The molecule has 0 N–H and O–H groups in total. The van der Waals surface area contributed by atoms with E-state index in [9.17, 15) is 0 Å². The third-order valence-corrected chi connectivity index (χ3v) is 31.8. The Morgan fingerprint density at radius 1 is 0.264 bits per heavy atom. The predicted molar refractivity (Wildman–Crippen MR) is 504 cm³/mol. The average molecular weight is 1500 g/mol. The summed E-state index contributed by atoms with van der Waals surface area (Å²) in [5.74, 6) is 11.9. The van der Waals surface area contributed by atoms with Crippen molar-refractivity contribution in [1.29, 1.82) is 0 Å². The predicted octanol–water partition coefficient (Wildman–Crippen LogP) is 39.3. The lowest BCUT2D eigenvalue weighted by Crippen LogP contribution is -2.41. The Kier molecular flexibility index (Phi) is 59.5. The Bertz CT molecular complexity index is 1870. The topological polar surface area (TPSA) is 0 Å². The third kappa shape index (κ3) is 57.9. The fraction of sp³-hybridized carbons (Fsp3) is 1.00. The molecule has 0 aromatic rings. The van der Waals surface area contributed by atoms with Gasteiger partial charge in [-0.3, -0.25) is 0 Å². The fourth-order valence-electron chi connectivity index (χ4n) is 11.7. The largest absolute Gasteiger partial charge is 0.0651 e. The van der Waals surface area contributed by atoms with Crippen LogP contribution in [0.4, 0.5) is 0 Å². The second-order valence-corrected chi connectivity index (χ2v) is 51.6. The molecule has 4 aliphatic rings. The molecule has 0 aromatic carbocycles. The maximum atomic E-state index is 2.38. The summed E-state index contributed by atoms with van der Waals surface area (Å²) < 4.78 is 0. The molecule has 0 nitrogen and oxygen atoms in total. The monoisotopic (exact) mass is 1500 g/mol. The van der Waals surface area contributed by atoms with Crippen LogP contribution in [0.5, 0.6) is 0 Å². The molecule has 0 heteroatoms. The van der Waals surface area contributed by atoms with Gasteiger partial charge in [-0.2, -0.15) is 0 Å². The summed E-state index contributed by atoms with van der Waals surface area (Å²) in [5.41, 5.74) is 6.53. The molecule has 0 bridgehead atoms. The van der Waals surface area contributed by atoms with Crippen molar-refractivity contribution in [2.45, 2.75) is 530 Å². The van der Waals surface area contributed by atoms with Crippen molar-refractivity contribution in [2.75, 3.05) is 0 Å². The van der Waals surface area contributed by atoms with Gasteiger partial charge in [-0.1, -0.05) is 524 Å². The molecular weight excluding hydrogens is 1270 g/mol. The first-order valence-electron chi connectivity index (χ1n) is 46.2. The molecule has 2 unspecified atom stereocenters. The van der Waals surface area contributed by atoms with Crippen LogP contribution in [0.1, 0.15) is 530 Å². The summed E-state index contributed by atoms with van der Waals surface area (Å²) in [5, 5.41) is 0. The van der Waals surface area contributed by atoms with Crippen molar-refractivity contribution >= 4 is 0 Å². The van der Waals surface area contributed by atoms with Crippen molar-refractivity contribution in [3.63, 3.8) is 0 Å². The zero-order valence-electron chi connectivity index (χ0n) is 87.4. The van der Waals surface area contributed by atoms with Crippen molar-refractivity contribution in [2.24, 2.45) is 158 Å². The van der Waals surface area contributed by atoms with E-state index in [2.05, 4.69) is 409 Å². The van der Waals surface area contributed by atoms with Gasteiger partial charge in [0.15, 0.2) is 0 Å². The zero-order valence-corrected chi connectivity index (χ0v) is 87.4. The van der Waals surface area contributed by atoms with Crippen LogP contribution >= 0.6 is 0 Å². The van der Waals surface area contributed by atoms with Gasteiger partial charge in [0.05, 0.1) is 0 Å². The van der Waals surface area contributed by atoms with Crippen molar-refractivity contribution in [3.05, 3.63) is 0 Å². The first-order chi connectivity index (χ1) is 46.2.